The third-order valence-electron chi connectivity index (χ3n) is 4.93. The van der Waals surface area contributed by atoms with Gasteiger partial charge >= 0.3 is 0 Å². The standard InChI is InChI=1S/C19H30BrN/c1-4-21-19(16-10-8-6-5-7-9-11-16)17-12-15(3)18(20)13-14(17)2/h12-13,16,19,21H,4-11H2,1-3H3. The summed E-state index contributed by atoms with van der Waals surface area (Å²) < 4.78 is 1.23. The van der Waals surface area contributed by atoms with Gasteiger partial charge in [-0.3, -0.25) is 0 Å². The normalized spacial score (nSPS) is 19.0. The van der Waals surface area contributed by atoms with Crippen LogP contribution in [0.15, 0.2) is 16.6 Å². The first-order valence-corrected chi connectivity index (χ1v) is 9.42. The Hall–Kier alpha value is -0.340. The molecule has 0 amide bonds. The van der Waals surface area contributed by atoms with Gasteiger partial charge in [-0.1, -0.05) is 61.0 Å². The van der Waals surface area contributed by atoms with Crippen LogP contribution in [0.1, 0.15) is 74.6 Å². The van der Waals surface area contributed by atoms with Crippen LogP contribution in [0.25, 0.3) is 0 Å². The highest BCUT2D eigenvalue weighted by atomic mass is 79.9. The minimum absolute atomic E-state index is 0.528. The van der Waals surface area contributed by atoms with Gasteiger partial charge in [0, 0.05) is 10.5 Å². The van der Waals surface area contributed by atoms with Gasteiger partial charge in [-0.15, -0.1) is 0 Å². The van der Waals surface area contributed by atoms with E-state index in [2.05, 4.69) is 54.2 Å². The summed E-state index contributed by atoms with van der Waals surface area (Å²) in [4.78, 5) is 0. The Morgan fingerprint density at radius 1 is 1.05 bits per heavy atom. The molecule has 0 aromatic heterocycles. The molecule has 0 radical (unpaired) electrons. The summed E-state index contributed by atoms with van der Waals surface area (Å²) in [5, 5.41) is 3.79. The van der Waals surface area contributed by atoms with Gasteiger partial charge in [0.2, 0.25) is 0 Å². The second-order valence-corrected chi connectivity index (χ2v) is 7.45. The minimum Gasteiger partial charge on any atom is -0.310 e. The van der Waals surface area contributed by atoms with E-state index in [1.165, 1.54) is 66.1 Å². The Bertz CT molecular complexity index is 447. The van der Waals surface area contributed by atoms with Gasteiger partial charge in [-0.05, 0) is 61.9 Å². The number of nitrogens with one attached hydrogen (secondary N) is 1. The Morgan fingerprint density at radius 3 is 2.29 bits per heavy atom. The predicted octanol–water partition coefficient (Wildman–Crippen LogP) is 6.08. The maximum atomic E-state index is 3.79. The van der Waals surface area contributed by atoms with Crippen molar-refractivity contribution in [2.45, 2.75) is 71.8 Å². The van der Waals surface area contributed by atoms with E-state index in [1.807, 2.05) is 0 Å². The molecular weight excluding hydrogens is 322 g/mol. The van der Waals surface area contributed by atoms with Crippen molar-refractivity contribution in [2.75, 3.05) is 6.54 Å². The van der Waals surface area contributed by atoms with Gasteiger partial charge in [0.15, 0.2) is 0 Å². The number of benzene rings is 1. The lowest BCUT2D eigenvalue weighted by atomic mass is 9.81. The molecule has 1 aromatic rings. The highest BCUT2D eigenvalue weighted by Gasteiger charge is 2.24. The lowest BCUT2D eigenvalue weighted by Gasteiger charge is -2.31. The van der Waals surface area contributed by atoms with Crippen molar-refractivity contribution in [3.63, 3.8) is 0 Å². The molecule has 2 rings (SSSR count). The zero-order chi connectivity index (χ0) is 15.2. The minimum atomic E-state index is 0.528. The topological polar surface area (TPSA) is 12.0 Å². The zero-order valence-corrected chi connectivity index (χ0v) is 15.4. The second kappa shape index (κ2) is 8.33. The first-order chi connectivity index (χ1) is 10.1. The maximum absolute atomic E-state index is 3.79. The number of rotatable bonds is 4. The van der Waals surface area contributed by atoms with Crippen LogP contribution in [-0.4, -0.2) is 6.54 Å². The Balaban J connectivity index is 2.26. The van der Waals surface area contributed by atoms with Crippen molar-refractivity contribution in [2.24, 2.45) is 5.92 Å². The third kappa shape index (κ3) is 4.56. The molecule has 0 heterocycles. The molecule has 1 aliphatic carbocycles. The van der Waals surface area contributed by atoms with Crippen LogP contribution in [-0.2, 0) is 0 Å². The number of hydrogen-bond donors (Lipinski definition) is 1. The number of halogens is 1. The van der Waals surface area contributed by atoms with Crippen LogP contribution in [0.3, 0.4) is 0 Å². The van der Waals surface area contributed by atoms with E-state index in [0.29, 0.717) is 6.04 Å². The van der Waals surface area contributed by atoms with Crippen LogP contribution < -0.4 is 5.32 Å². The van der Waals surface area contributed by atoms with Crippen LogP contribution in [0.4, 0.5) is 0 Å². The van der Waals surface area contributed by atoms with Crippen LogP contribution in [0.2, 0.25) is 0 Å². The van der Waals surface area contributed by atoms with Crippen molar-refractivity contribution in [1.29, 1.82) is 0 Å². The van der Waals surface area contributed by atoms with Gasteiger partial charge in [-0.2, -0.15) is 0 Å². The van der Waals surface area contributed by atoms with Crippen LogP contribution in [0.5, 0.6) is 0 Å². The molecule has 1 saturated carbocycles. The molecular formula is C19H30BrN. The zero-order valence-electron chi connectivity index (χ0n) is 13.8. The molecule has 0 aliphatic heterocycles. The summed E-state index contributed by atoms with van der Waals surface area (Å²) in [7, 11) is 0. The van der Waals surface area contributed by atoms with Crippen molar-refractivity contribution < 1.29 is 0 Å². The van der Waals surface area contributed by atoms with E-state index in [1.54, 1.807) is 0 Å². The highest BCUT2D eigenvalue weighted by molar-refractivity contribution is 9.10. The maximum Gasteiger partial charge on any atom is 0.0351 e. The summed E-state index contributed by atoms with van der Waals surface area (Å²) in [6, 6.07) is 5.21. The smallest absolute Gasteiger partial charge is 0.0351 e. The van der Waals surface area contributed by atoms with Crippen molar-refractivity contribution in [1.82, 2.24) is 5.32 Å². The van der Waals surface area contributed by atoms with E-state index in [9.17, 15) is 0 Å². The van der Waals surface area contributed by atoms with Gasteiger partial charge in [-0.25, -0.2) is 0 Å². The van der Waals surface area contributed by atoms with E-state index >= 15 is 0 Å². The highest BCUT2D eigenvalue weighted by Crippen LogP contribution is 2.35. The molecule has 1 nitrogen and oxygen atoms in total. The molecule has 1 aliphatic rings. The third-order valence-corrected chi connectivity index (χ3v) is 5.78. The van der Waals surface area contributed by atoms with Gasteiger partial charge < -0.3 is 5.32 Å². The molecule has 1 N–H and O–H groups in total. The quantitative estimate of drug-likeness (QED) is 0.693. The molecule has 1 atom stereocenters. The Kier molecular flexibility index (Phi) is 6.75. The summed E-state index contributed by atoms with van der Waals surface area (Å²) in [5.74, 6) is 0.796. The fraction of sp³-hybridized carbons (Fsp3) is 0.684. The summed E-state index contributed by atoms with van der Waals surface area (Å²) in [5.41, 5.74) is 4.29. The SMILES string of the molecule is CCNC(c1cc(C)c(Br)cc1C)C1CCCCCCC1. The van der Waals surface area contributed by atoms with Crippen LogP contribution >= 0.6 is 15.9 Å². The molecule has 1 unspecified atom stereocenters. The van der Waals surface area contributed by atoms with Gasteiger partial charge in [0.1, 0.15) is 0 Å². The van der Waals surface area contributed by atoms with E-state index in [4.69, 9.17) is 0 Å². The lowest BCUT2D eigenvalue weighted by Crippen LogP contribution is -2.29. The molecule has 1 aromatic carbocycles. The van der Waals surface area contributed by atoms with Crippen molar-refractivity contribution >= 4 is 15.9 Å². The fourth-order valence-corrected chi connectivity index (χ4v) is 4.17. The first-order valence-electron chi connectivity index (χ1n) is 8.63. The van der Waals surface area contributed by atoms with E-state index < -0.39 is 0 Å². The fourth-order valence-electron chi connectivity index (χ4n) is 3.71. The summed E-state index contributed by atoms with van der Waals surface area (Å²) in [6.07, 6.45) is 9.86. The van der Waals surface area contributed by atoms with Crippen molar-refractivity contribution in [3.8, 4) is 0 Å². The molecule has 21 heavy (non-hydrogen) atoms. The Labute approximate surface area is 139 Å². The largest absolute Gasteiger partial charge is 0.310 e. The molecule has 0 saturated heterocycles. The van der Waals surface area contributed by atoms with E-state index in [0.717, 1.165) is 12.5 Å². The first kappa shape index (κ1) is 17.0. The molecule has 118 valence electrons. The van der Waals surface area contributed by atoms with E-state index in [-0.39, 0.29) is 0 Å². The predicted molar refractivity (Wildman–Crippen MR) is 95.8 cm³/mol. The van der Waals surface area contributed by atoms with Gasteiger partial charge in [0.25, 0.3) is 0 Å². The second-order valence-electron chi connectivity index (χ2n) is 6.60. The number of hydrogen-bond acceptors (Lipinski definition) is 1. The molecule has 0 spiro atoms. The Morgan fingerprint density at radius 2 is 1.67 bits per heavy atom. The molecule has 2 heteroatoms. The lowest BCUT2D eigenvalue weighted by molar-refractivity contribution is 0.291. The summed E-state index contributed by atoms with van der Waals surface area (Å²) >= 11 is 3.67. The van der Waals surface area contributed by atoms with Crippen LogP contribution in [0, 0.1) is 19.8 Å². The number of aryl methyl sites for hydroxylation is 2. The summed E-state index contributed by atoms with van der Waals surface area (Å²) in [6.45, 7) is 7.74. The average Bonchev–Trinajstić information content (AvgIpc) is 2.41. The van der Waals surface area contributed by atoms with Crippen molar-refractivity contribution in [3.05, 3.63) is 33.3 Å². The molecule has 0 bridgehead atoms. The monoisotopic (exact) mass is 351 g/mol. The molecule has 1 fully saturated rings. The average molecular weight is 352 g/mol. The van der Waals surface area contributed by atoms with Gasteiger partial charge in [0.05, 0.1) is 0 Å².